The standard InChI is InChI=1S/C12H13N3/c1-9-12(14-8-13-2)10-6-4-5-7-11(10)15(9)3/h4-8H,1H2,2-3H3/b13-8-,14-12+. The number of benzene rings is 1. The molecule has 76 valence electrons. The van der Waals surface area contributed by atoms with Gasteiger partial charge in [-0.1, -0.05) is 24.8 Å². The molecule has 1 heterocycles. The van der Waals surface area contributed by atoms with E-state index in [1.165, 1.54) is 0 Å². The Balaban J connectivity index is 2.56. The van der Waals surface area contributed by atoms with Crippen molar-refractivity contribution in [3.8, 4) is 0 Å². The number of hydrogen-bond donors (Lipinski definition) is 0. The van der Waals surface area contributed by atoms with Crippen LogP contribution in [0.15, 0.2) is 46.5 Å². The Morgan fingerprint density at radius 1 is 1.33 bits per heavy atom. The van der Waals surface area contributed by atoms with Gasteiger partial charge < -0.3 is 4.90 Å². The third-order valence-electron chi connectivity index (χ3n) is 2.50. The van der Waals surface area contributed by atoms with Crippen LogP contribution in [0.1, 0.15) is 5.56 Å². The van der Waals surface area contributed by atoms with E-state index < -0.39 is 0 Å². The summed E-state index contributed by atoms with van der Waals surface area (Å²) in [6.45, 7) is 4.02. The average Bonchev–Trinajstić information content (AvgIpc) is 2.51. The first kappa shape index (κ1) is 9.65. The second-order valence-electron chi connectivity index (χ2n) is 3.37. The summed E-state index contributed by atoms with van der Waals surface area (Å²) in [6.07, 6.45) is 1.55. The van der Waals surface area contributed by atoms with E-state index in [4.69, 9.17) is 0 Å². The van der Waals surface area contributed by atoms with Crippen LogP contribution in [0.3, 0.4) is 0 Å². The molecule has 0 unspecified atom stereocenters. The predicted molar refractivity (Wildman–Crippen MR) is 64.9 cm³/mol. The summed E-state index contributed by atoms with van der Waals surface area (Å²) in [5.41, 5.74) is 4.07. The summed E-state index contributed by atoms with van der Waals surface area (Å²) in [5.74, 6) is 0. The molecule has 0 N–H and O–H groups in total. The van der Waals surface area contributed by atoms with Crippen molar-refractivity contribution < 1.29 is 0 Å². The van der Waals surface area contributed by atoms with Gasteiger partial charge in [-0.05, 0) is 6.07 Å². The van der Waals surface area contributed by atoms with Crippen molar-refractivity contribution >= 4 is 17.7 Å². The molecule has 15 heavy (non-hydrogen) atoms. The summed E-state index contributed by atoms with van der Waals surface area (Å²) in [4.78, 5) is 10.2. The Kier molecular flexibility index (Phi) is 2.37. The molecule has 0 saturated heterocycles. The van der Waals surface area contributed by atoms with Crippen molar-refractivity contribution in [2.24, 2.45) is 9.98 Å². The van der Waals surface area contributed by atoms with Gasteiger partial charge in [-0.25, -0.2) is 4.99 Å². The molecular weight excluding hydrogens is 186 g/mol. The summed E-state index contributed by atoms with van der Waals surface area (Å²) in [7, 11) is 3.70. The largest absolute Gasteiger partial charge is 0.343 e. The zero-order valence-corrected chi connectivity index (χ0v) is 8.94. The number of likely N-dealkylation sites (N-methyl/N-ethyl adjacent to an activating group) is 1. The molecule has 0 atom stereocenters. The van der Waals surface area contributed by atoms with E-state index in [0.717, 1.165) is 22.7 Å². The molecule has 3 nitrogen and oxygen atoms in total. The quantitative estimate of drug-likeness (QED) is 0.503. The highest BCUT2D eigenvalue weighted by atomic mass is 15.2. The van der Waals surface area contributed by atoms with E-state index in [1.807, 2.05) is 30.1 Å². The summed E-state index contributed by atoms with van der Waals surface area (Å²) in [5, 5.41) is 0. The minimum absolute atomic E-state index is 0.902. The fourth-order valence-corrected chi connectivity index (χ4v) is 1.69. The Labute approximate surface area is 89.5 Å². The van der Waals surface area contributed by atoms with Gasteiger partial charge in [-0.3, -0.25) is 4.99 Å². The molecule has 1 aromatic rings. The number of hydrogen-bond acceptors (Lipinski definition) is 2. The molecule has 0 radical (unpaired) electrons. The number of allylic oxidation sites excluding steroid dienone is 1. The second kappa shape index (κ2) is 3.69. The summed E-state index contributed by atoms with van der Waals surface area (Å²) in [6, 6.07) is 8.13. The van der Waals surface area contributed by atoms with Crippen LogP contribution in [-0.4, -0.2) is 26.1 Å². The predicted octanol–water partition coefficient (Wildman–Crippen LogP) is 2.10. The van der Waals surface area contributed by atoms with Crippen LogP contribution in [0, 0.1) is 0 Å². The molecule has 0 aliphatic carbocycles. The van der Waals surface area contributed by atoms with Crippen LogP contribution in [0.2, 0.25) is 0 Å². The molecule has 0 bridgehead atoms. The van der Waals surface area contributed by atoms with Crippen LogP contribution < -0.4 is 4.90 Å². The Morgan fingerprint density at radius 2 is 2.07 bits per heavy atom. The molecule has 0 spiro atoms. The SMILES string of the molecule is C=C1/C(=N\C=N/C)c2ccccc2N1C. The first-order valence-electron chi connectivity index (χ1n) is 4.76. The highest BCUT2D eigenvalue weighted by molar-refractivity contribution is 6.23. The first-order valence-corrected chi connectivity index (χ1v) is 4.76. The zero-order chi connectivity index (χ0) is 10.8. The highest BCUT2D eigenvalue weighted by Gasteiger charge is 2.25. The van der Waals surface area contributed by atoms with Crippen LogP contribution in [-0.2, 0) is 0 Å². The molecule has 1 aliphatic rings. The molecule has 2 rings (SSSR count). The van der Waals surface area contributed by atoms with Crippen LogP contribution in [0.5, 0.6) is 0 Å². The maximum Gasteiger partial charge on any atom is 0.110 e. The van der Waals surface area contributed by atoms with E-state index in [-0.39, 0.29) is 0 Å². The van der Waals surface area contributed by atoms with Gasteiger partial charge in [0.2, 0.25) is 0 Å². The second-order valence-corrected chi connectivity index (χ2v) is 3.37. The number of para-hydroxylation sites is 1. The maximum absolute atomic E-state index is 4.30. The van der Waals surface area contributed by atoms with Gasteiger partial charge in [0.1, 0.15) is 6.34 Å². The van der Waals surface area contributed by atoms with Crippen molar-refractivity contribution in [2.45, 2.75) is 0 Å². The molecule has 0 saturated carbocycles. The summed E-state index contributed by atoms with van der Waals surface area (Å²) >= 11 is 0. The topological polar surface area (TPSA) is 28.0 Å². The zero-order valence-electron chi connectivity index (χ0n) is 8.94. The van der Waals surface area contributed by atoms with Gasteiger partial charge in [0.05, 0.1) is 17.1 Å². The van der Waals surface area contributed by atoms with Crippen LogP contribution in [0.4, 0.5) is 5.69 Å². The van der Waals surface area contributed by atoms with E-state index >= 15 is 0 Å². The van der Waals surface area contributed by atoms with Crippen molar-refractivity contribution in [2.75, 3.05) is 19.0 Å². The smallest absolute Gasteiger partial charge is 0.110 e. The molecule has 0 fully saturated rings. The average molecular weight is 199 g/mol. The molecule has 3 heteroatoms. The van der Waals surface area contributed by atoms with Crippen LogP contribution >= 0.6 is 0 Å². The minimum atomic E-state index is 0.902. The minimum Gasteiger partial charge on any atom is -0.343 e. The van der Waals surface area contributed by atoms with Crippen molar-refractivity contribution in [3.05, 3.63) is 42.1 Å². The number of nitrogens with zero attached hydrogens (tertiary/aromatic N) is 3. The lowest BCUT2D eigenvalue weighted by atomic mass is 10.1. The van der Waals surface area contributed by atoms with Crippen molar-refractivity contribution in [1.82, 2.24) is 0 Å². The third-order valence-corrected chi connectivity index (χ3v) is 2.50. The van der Waals surface area contributed by atoms with Gasteiger partial charge in [0.25, 0.3) is 0 Å². The van der Waals surface area contributed by atoms with Crippen LogP contribution in [0.25, 0.3) is 0 Å². The molecule has 1 aromatic carbocycles. The normalized spacial score (nSPS) is 17.9. The number of fused-ring (bicyclic) bond motifs is 1. The lowest BCUT2D eigenvalue weighted by Gasteiger charge is -2.11. The number of anilines is 1. The Hall–Kier alpha value is -1.90. The lowest BCUT2D eigenvalue weighted by molar-refractivity contribution is 1.20. The highest BCUT2D eigenvalue weighted by Crippen LogP contribution is 2.32. The Bertz CT molecular complexity index is 458. The first-order chi connectivity index (χ1) is 7.25. The molecule has 0 amide bonds. The Morgan fingerprint density at radius 3 is 2.80 bits per heavy atom. The van der Waals surface area contributed by atoms with Crippen molar-refractivity contribution in [3.63, 3.8) is 0 Å². The summed E-state index contributed by atoms with van der Waals surface area (Å²) < 4.78 is 0. The van der Waals surface area contributed by atoms with Gasteiger partial charge in [-0.15, -0.1) is 0 Å². The fourth-order valence-electron chi connectivity index (χ4n) is 1.69. The lowest BCUT2D eigenvalue weighted by Crippen LogP contribution is -2.13. The van der Waals surface area contributed by atoms with E-state index in [0.29, 0.717) is 0 Å². The van der Waals surface area contributed by atoms with Gasteiger partial charge >= 0.3 is 0 Å². The van der Waals surface area contributed by atoms with Gasteiger partial charge in [0.15, 0.2) is 0 Å². The molecule has 0 aromatic heterocycles. The van der Waals surface area contributed by atoms with E-state index in [2.05, 4.69) is 22.6 Å². The van der Waals surface area contributed by atoms with E-state index in [9.17, 15) is 0 Å². The number of rotatable bonds is 1. The molecular formula is C12H13N3. The van der Waals surface area contributed by atoms with Gasteiger partial charge in [-0.2, -0.15) is 0 Å². The van der Waals surface area contributed by atoms with Gasteiger partial charge in [0, 0.05) is 19.7 Å². The van der Waals surface area contributed by atoms with E-state index in [1.54, 1.807) is 13.4 Å². The number of aliphatic imine (C=N–C) groups is 2. The third kappa shape index (κ3) is 1.46. The maximum atomic E-state index is 4.30. The fraction of sp³-hybridized carbons (Fsp3) is 0.167. The van der Waals surface area contributed by atoms with Crippen molar-refractivity contribution in [1.29, 1.82) is 0 Å². The molecule has 1 aliphatic heterocycles. The monoisotopic (exact) mass is 199 g/mol.